The van der Waals surface area contributed by atoms with Crippen molar-refractivity contribution in [2.75, 3.05) is 18.0 Å². The van der Waals surface area contributed by atoms with E-state index in [1.54, 1.807) is 18.3 Å². The summed E-state index contributed by atoms with van der Waals surface area (Å²) in [4.78, 5) is 6.43. The average molecular weight is 413 g/mol. The van der Waals surface area contributed by atoms with Crippen LogP contribution in [-0.2, 0) is 6.61 Å². The molecule has 1 fully saturated rings. The molecule has 0 amide bonds. The first-order valence-electron chi connectivity index (χ1n) is 9.93. The van der Waals surface area contributed by atoms with E-state index in [0.29, 0.717) is 17.4 Å². The molecule has 2 heterocycles. The third-order valence-corrected chi connectivity index (χ3v) is 5.51. The summed E-state index contributed by atoms with van der Waals surface area (Å²) in [5.41, 5.74) is 3.16. The Labute approximate surface area is 176 Å². The number of pyridine rings is 1. The van der Waals surface area contributed by atoms with Gasteiger partial charge in [-0.3, -0.25) is 0 Å². The molecule has 0 spiro atoms. The molecule has 152 valence electrons. The van der Waals surface area contributed by atoms with Gasteiger partial charge >= 0.3 is 0 Å². The van der Waals surface area contributed by atoms with Crippen molar-refractivity contribution in [2.45, 2.75) is 38.9 Å². The number of nitrogens with zero attached hydrogens (tertiary/aromatic N) is 2. The summed E-state index contributed by atoms with van der Waals surface area (Å²) in [6.07, 6.45) is 8.80. The van der Waals surface area contributed by atoms with Gasteiger partial charge in [-0.05, 0) is 62.2 Å². The van der Waals surface area contributed by atoms with E-state index in [4.69, 9.17) is 21.1 Å². The lowest BCUT2D eigenvalue weighted by Crippen LogP contribution is -2.25. The Balaban J connectivity index is 1.44. The molecule has 0 bridgehead atoms. The number of hydrogen-bond acceptors (Lipinski definition) is 5. The highest BCUT2D eigenvalue weighted by Gasteiger charge is 2.26. The number of ether oxygens (including phenoxy) is 2. The lowest BCUT2D eigenvalue weighted by molar-refractivity contribution is 0.216. The van der Waals surface area contributed by atoms with Crippen LogP contribution in [0.1, 0.15) is 31.7 Å². The first kappa shape index (κ1) is 19.8. The van der Waals surface area contributed by atoms with Crippen LogP contribution in [-0.4, -0.2) is 29.3 Å². The van der Waals surface area contributed by atoms with Crippen LogP contribution >= 0.6 is 11.6 Å². The molecule has 1 aliphatic carbocycles. The molecule has 29 heavy (non-hydrogen) atoms. The van der Waals surface area contributed by atoms with Gasteiger partial charge in [-0.25, -0.2) is 4.98 Å². The largest absolute Gasteiger partial charge is 0.471 e. The van der Waals surface area contributed by atoms with Gasteiger partial charge in [0.1, 0.15) is 22.6 Å². The summed E-state index contributed by atoms with van der Waals surface area (Å²) >= 11 is 6.15. The van der Waals surface area contributed by atoms with Gasteiger partial charge < -0.3 is 19.5 Å². The minimum absolute atomic E-state index is 0.00498. The number of aromatic nitrogens is 1. The van der Waals surface area contributed by atoms with Crippen molar-refractivity contribution >= 4 is 17.3 Å². The molecular weight excluding hydrogens is 388 g/mol. The number of hydrogen-bond donors (Lipinski definition) is 1. The number of anilines is 1. The van der Waals surface area contributed by atoms with Gasteiger partial charge in [0.15, 0.2) is 0 Å². The molecule has 0 unspecified atom stereocenters. The van der Waals surface area contributed by atoms with E-state index < -0.39 is 0 Å². The SMILES string of the molecule is CC1=CC(Oc2ccc(N3CC[C@H](Oc4ncccc4Cl)C3)c(CO)c2)=CCC1. The normalized spacial score (nSPS) is 19.0. The van der Waals surface area contributed by atoms with Crippen molar-refractivity contribution in [1.29, 1.82) is 0 Å². The maximum atomic E-state index is 9.92. The maximum absolute atomic E-state index is 9.92. The molecule has 1 aromatic heterocycles. The van der Waals surface area contributed by atoms with Crippen LogP contribution in [0.4, 0.5) is 5.69 Å². The van der Waals surface area contributed by atoms with Crippen LogP contribution < -0.4 is 14.4 Å². The lowest BCUT2D eigenvalue weighted by Gasteiger charge is -2.22. The molecule has 1 aromatic carbocycles. The van der Waals surface area contributed by atoms with E-state index in [-0.39, 0.29) is 12.7 Å². The number of rotatable bonds is 6. The van der Waals surface area contributed by atoms with Crippen molar-refractivity contribution in [3.05, 3.63) is 70.6 Å². The minimum Gasteiger partial charge on any atom is -0.471 e. The Morgan fingerprint density at radius 3 is 3.00 bits per heavy atom. The second-order valence-electron chi connectivity index (χ2n) is 7.45. The van der Waals surface area contributed by atoms with Gasteiger partial charge in [0.25, 0.3) is 0 Å². The monoisotopic (exact) mass is 412 g/mol. The summed E-state index contributed by atoms with van der Waals surface area (Å²) in [5.74, 6) is 2.07. The second-order valence-corrected chi connectivity index (χ2v) is 7.86. The third-order valence-electron chi connectivity index (χ3n) is 5.22. The molecule has 2 aliphatic rings. The molecule has 5 nitrogen and oxygen atoms in total. The van der Waals surface area contributed by atoms with E-state index in [9.17, 15) is 5.11 Å². The van der Waals surface area contributed by atoms with Crippen molar-refractivity contribution < 1.29 is 14.6 Å². The van der Waals surface area contributed by atoms with Crippen molar-refractivity contribution in [1.82, 2.24) is 4.98 Å². The topological polar surface area (TPSA) is 54.8 Å². The second kappa shape index (κ2) is 8.89. The average Bonchev–Trinajstić information content (AvgIpc) is 3.18. The molecule has 0 saturated carbocycles. The van der Waals surface area contributed by atoms with Gasteiger partial charge in [-0.15, -0.1) is 0 Å². The zero-order valence-electron chi connectivity index (χ0n) is 16.5. The highest BCUT2D eigenvalue weighted by atomic mass is 35.5. The summed E-state index contributed by atoms with van der Waals surface area (Å²) in [6.45, 7) is 3.62. The van der Waals surface area contributed by atoms with Gasteiger partial charge in [0.2, 0.25) is 5.88 Å². The Morgan fingerprint density at radius 2 is 2.21 bits per heavy atom. The summed E-state index contributed by atoms with van der Waals surface area (Å²) in [6, 6.07) is 9.44. The molecule has 1 N–H and O–H groups in total. The minimum atomic E-state index is -0.0471. The molecule has 0 radical (unpaired) electrons. The number of aliphatic hydroxyl groups excluding tert-OH is 1. The molecular formula is C23H25ClN2O3. The maximum Gasteiger partial charge on any atom is 0.232 e. The number of aliphatic hydroxyl groups is 1. The highest BCUT2D eigenvalue weighted by molar-refractivity contribution is 6.31. The summed E-state index contributed by atoms with van der Waals surface area (Å²) in [7, 11) is 0. The number of halogens is 1. The van der Waals surface area contributed by atoms with Crippen molar-refractivity contribution in [3.8, 4) is 11.6 Å². The van der Waals surface area contributed by atoms with E-state index in [0.717, 1.165) is 48.6 Å². The predicted octanol–water partition coefficient (Wildman–Crippen LogP) is 4.89. The predicted molar refractivity (Wildman–Crippen MR) is 115 cm³/mol. The smallest absolute Gasteiger partial charge is 0.232 e. The van der Waals surface area contributed by atoms with Gasteiger partial charge in [0.05, 0.1) is 13.2 Å². The quantitative estimate of drug-likeness (QED) is 0.732. The zero-order chi connectivity index (χ0) is 20.2. The highest BCUT2D eigenvalue weighted by Crippen LogP contribution is 2.31. The first-order chi connectivity index (χ1) is 14.1. The van der Waals surface area contributed by atoms with Crippen LogP contribution in [0.25, 0.3) is 0 Å². The van der Waals surface area contributed by atoms with Gasteiger partial charge in [-0.1, -0.05) is 17.2 Å². The Kier molecular flexibility index (Phi) is 6.07. The summed E-state index contributed by atoms with van der Waals surface area (Å²) in [5, 5.41) is 10.4. The fraction of sp³-hybridized carbons (Fsp3) is 0.348. The van der Waals surface area contributed by atoms with Crippen LogP contribution in [0.2, 0.25) is 5.02 Å². The van der Waals surface area contributed by atoms with Crippen molar-refractivity contribution in [2.24, 2.45) is 0 Å². The van der Waals surface area contributed by atoms with Gasteiger partial charge in [-0.2, -0.15) is 0 Å². The van der Waals surface area contributed by atoms with E-state index in [1.165, 1.54) is 5.57 Å². The zero-order valence-corrected chi connectivity index (χ0v) is 17.2. The van der Waals surface area contributed by atoms with Crippen LogP contribution in [0.5, 0.6) is 11.6 Å². The summed E-state index contributed by atoms with van der Waals surface area (Å²) < 4.78 is 12.0. The standard InChI is InChI=1S/C23H25ClN2O3/c1-16-4-2-5-18(12-16)28-19-7-8-22(17(13-19)15-27)26-11-9-20(14-26)29-23-21(24)6-3-10-25-23/h3,5-8,10,12-13,20,27H,2,4,9,11,14-15H2,1H3/t20-/m0/s1. The Bertz CT molecular complexity index is 941. The fourth-order valence-corrected chi connectivity index (χ4v) is 3.91. The Hall–Kier alpha value is -2.50. The van der Waals surface area contributed by atoms with Crippen LogP contribution in [0.3, 0.4) is 0 Å². The third kappa shape index (κ3) is 4.74. The Morgan fingerprint density at radius 1 is 1.31 bits per heavy atom. The number of benzene rings is 1. The molecule has 1 saturated heterocycles. The molecule has 1 aliphatic heterocycles. The fourth-order valence-electron chi connectivity index (χ4n) is 3.74. The molecule has 1 atom stereocenters. The van der Waals surface area contributed by atoms with Gasteiger partial charge in [0, 0.05) is 30.4 Å². The van der Waals surface area contributed by atoms with Crippen molar-refractivity contribution in [3.63, 3.8) is 0 Å². The lowest BCUT2D eigenvalue weighted by atomic mass is 10.1. The molecule has 4 rings (SSSR count). The van der Waals surface area contributed by atoms with E-state index in [2.05, 4.69) is 29.0 Å². The molecule has 6 heteroatoms. The van der Waals surface area contributed by atoms with E-state index in [1.807, 2.05) is 18.2 Å². The number of allylic oxidation sites excluding steroid dienone is 3. The van der Waals surface area contributed by atoms with Crippen LogP contribution in [0.15, 0.2) is 60.0 Å². The van der Waals surface area contributed by atoms with E-state index >= 15 is 0 Å². The van der Waals surface area contributed by atoms with Crippen LogP contribution in [0, 0.1) is 0 Å². The first-order valence-corrected chi connectivity index (χ1v) is 10.3. The molecule has 2 aromatic rings.